The number of amides is 1. The quantitative estimate of drug-likeness (QED) is 0.543. The lowest BCUT2D eigenvalue weighted by Crippen LogP contribution is -2.27. The van der Waals surface area contributed by atoms with Crippen molar-refractivity contribution >= 4 is 33.9 Å². The van der Waals surface area contributed by atoms with Crippen molar-refractivity contribution in [1.82, 2.24) is 14.2 Å². The van der Waals surface area contributed by atoms with Gasteiger partial charge in [0.25, 0.3) is 5.56 Å². The normalized spacial score (nSPS) is 12.2. The highest BCUT2D eigenvalue weighted by atomic mass is 16.2. The predicted octanol–water partition coefficient (Wildman–Crippen LogP) is 3.36. The summed E-state index contributed by atoms with van der Waals surface area (Å²) in [7, 11) is 0. The Kier molecular flexibility index (Phi) is 4.50. The second-order valence-electron chi connectivity index (χ2n) is 7.04. The Morgan fingerprint density at radius 2 is 1.83 bits per heavy atom. The highest BCUT2D eigenvalue weighted by Gasteiger charge is 2.22. The Morgan fingerprint density at radius 3 is 2.59 bits per heavy atom. The minimum absolute atomic E-state index is 0.0674. The molecule has 2 aromatic heterocycles. The maximum Gasteiger partial charge on any atom is 0.273 e. The number of hydrogen-bond donors (Lipinski definition) is 1. The molecule has 0 spiro atoms. The Labute approximate surface area is 166 Å². The number of benzene rings is 2. The van der Waals surface area contributed by atoms with Crippen LogP contribution in [0.5, 0.6) is 0 Å². The number of rotatable bonds is 4. The summed E-state index contributed by atoms with van der Waals surface area (Å²) in [5.74, 6) is -0.311. The first-order chi connectivity index (χ1) is 13.9. The Morgan fingerprint density at radius 1 is 1.07 bits per heavy atom. The monoisotopic (exact) mass is 388 g/mol. The molecule has 0 fully saturated rings. The van der Waals surface area contributed by atoms with E-state index in [1.807, 2.05) is 35.9 Å². The van der Waals surface area contributed by atoms with Crippen LogP contribution in [0.15, 0.2) is 59.4 Å². The van der Waals surface area contributed by atoms with Gasteiger partial charge in [-0.1, -0.05) is 24.3 Å². The van der Waals surface area contributed by atoms with Gasteiger partial charge in [0.1, 0.15) is 6.04 Å². The largest absolute Gasteiger partial charge is 0.324 e. The summed E-state index contributed by atoms with van der Waals surface area (Å²) in [5.41, 5.74) is 2.78. The molecule has 1 amide bonds. The van der Waals surface area contributed by atoms with E-state index in [-0.39, 0.29) is 17.2 Å². The standard InChI is InChI=1S/C22H20N4O3/c1-13-11-20(28)24-21-18-9-4-5-10-19(18)26(25(13)21)14(2)22(29)23-17-8-6-7-16(12-17)15(3)27/h4-12,14H,1-3H3,(H,23,29)/t14-/m1/s1. The van der Waals surface area contributed by atoms with Crippen molar-refractivity contribution in [3.05, 3.63) is 76.2 Å². The molecule has 4 aromatic rings. The first-order valence-corrected chi connectivity index (χ1v) is 9.28. The molecule has 4 rings (SSSR count). The summed E-state index contributed by atoms with van der Waals surface area (Å²) in [6.07, 6.45) is 0. The zero-order valence-electron chi connectivity index (χ0n) is 16.3. The van der Waals surface area contributed by atoms with Crippen LogP contribution in [0.2, 0.25) is 0 Å². The number of para-hydroxylation sites is 1. The lowest BCUT2D eigenvalue weighted by atomic mass is 10.1. The van der Waals surface area contributed by atoms with Gasteiger partial charge >= 0.3 is 0 Å². The molecular formula is C22H20N4O3. The van der Waals surface area contributed by atoms with E-state index in [1.54, 1.807) is 35.7 Å². The highest BCUT2D eigenvalue weighted by molar-refractivity contribution is 5.99. The van der Waals surface area contributed by atoms with Gasteiger partial charge in [0.05, 0.1) is 5.52 Å². The molecule has 1 N–H and O–H groups in total. The number of carbonyl (C=O) groups excluding carboxylic acids is 2. The smallest absolute Gasteiger partial charge is 0.273 e. The Bertz CT molecular complexity index is 1330. The molecule has 2 aromatic carbocycles. The molecule has 0 saturated carbocycles. The first kappa shape index (κ1) is 18.6. The van der Waals surface area contributed by atoms with E-state index in [2.05, 4.69) is 10.3 Å². The fourth-order valence-corrected chi connectivity index (χ4v) is 3.56. The van der Waals surface area contributed by atoms with Crippen LogP contribution in [0.25, 0.3) is 16.6 Å². The van der Waals surface area contributed by atoms with Gasteiger partial charge in [0.2, 0.25) is 5.91 Å². The van der Waals surface area contributed by atoms with Gasteiger partial charge in [-0.15, -0.1) is 0 Å². The Balaban J connectivity index is 1.81. The third kappa shape index (κ3) is 3.20. The van der Waals surface area contributed by atoms with Crippen molar-refractivity contribution in [3.8, 4) is 0 Å². The molecule has 1 atom stereocenters. The Hall–Kier alpha value is -3.74. The van der Waals surface area contributed by atoms with Gasteiger partial charge in [0.15, 0.2) is 11.4 Å². The summed E-state index contributed by atoms with van der Waals surface area (Å²) in [4.78, 5) is 40.8. The second-order valence-corrected chi connectivity index (χ2v) is 7.04. The molecule has 0 aliphatic rings. The van der Waals surface area contributed by atoms with Gasteiger partial charge in [0, 0.05) is 28.4 Å². The van der Waals surface area contributed by atoms with E-state index in [0.29, 0.717) is 22.6 Å². The number of anilines is 1. The molecule has 0 saturated heterocycles. The van der Waals surface area contributed by atoms with E-state index >= 15 is 0 Å². The van der Waals surface area contributed by atoms with Crippen molar-refractivity contribution < 1.29 is 9.59 Å². The van der Waals surface area contributed by atoms with E-state index in [0.717, 1.165) is 10.9 Å². The van der Waals surface area contributed by atoms with Gasteiger partial charge in [-0.25, -0.2) is 4.52 Å². The van der Waals surface area contributed by atoms with Crippen molar-refractivity contribution in [3.63, 3.8) is 0 Å². The fourth-order valence-electron chi connectivity index (χ4n) is 3.56. The van der Waals surface area contributed by atoms with Crippen LogP contribution in [-0.4, -0.2) is 25.9 Å². The van der Waals surface area contributed by atoms with Crippen molar-refractivity contribution in [1.29, 1.82) is 0 Å². The SMILES string of the molecule is CC(=O)c1cccc(NC(=O)[C@@H](C)n2c3ccccc3c3nc(=O)cc(C)n32)c1. The van der Waals surface area contributed by atoms with Gasteiger partial charge in [-0.3, -0.25) is 19.1 Å². The summed E-state index contributed by atoms with van der Waals surface area (Å²) in [5, 5.41) is 3.68. The molecular weight excluding hydrogens is 368 g/mol. The number of nitrogens with zero attached hydrogens (tertiary/aromatic N) is 3. The van der Waals surface area contributed by atoms with Crippen molar-refractivity contribution in [2.75, 3.05) is 5.32 Å². The molecule has 0 unspecified atom stereocenters. The van der Waals surface area contributed by atoms with Crippen LogP contribution >= 0.6 is 0 Å². The van der Waals surface area contributed by atoms with E-state index in [1.165, 1.54) is 13.0 Å². The second kappa shape index (κ2) is 7.01. The number of carbonyl (C=O) groups is 2. The van der Waals surface area contributed by atoms with Crippen molar-refractivity contribution in [2.24, 2.45) is 0 Å². The third-order valence-corrected chi connectivity index (χ3v) is 4.97. The van der Waals surface area contributed by atoms with Gasteiger partial charge < -0.3 is 5.32 Å². The number of nitrogens with one attached hydrogen (secondary N) is 1. The maximum absolute atomic E-state index is 13.0. The number of Topliss-reactive ketones (excluding diaryl/α,β-unsaturated/α-hetero) is 1. The summed E-state index contributed by atoms with van der Waals surface area (Å²) in [6, 6.07) is 15.2. The topological polar surface area (TPSA) is 85.5 Å². The lowest BCUT2D eigenvalue weighted by molar-refractivity contribution is -0.119. The molecule has 29 heavy (non-hydrogen) atoms. The summed E-state index contributed by atoms with van der Waals surface area (Å²) >= 11 is 0. The highest BCUT2D eigenvalue weighted by Crippen LogP contribution is 2.25. The minimum atomic E-state index is -0.596. The molecule has 0 aliphatic carbocycles. The average Bonchev–Trinajstić information content (AvgIpc) is 3.02. The average molecular weight is 388 g/mol. The molecule has 0 radical (unpaired) electrons. The number of ketones is 1. The van der Waals surface area contributed by atoms with E-state index < -0.39 is 6.04 Å². The van der Waals surface area contributed by atoms with Crippen LogP contribution in [0, 0.1) is 6.92 Å². The van der Waals surface area contributed by atoms with Gasteiger partial charge in [-0.05, 0) is 45.0 Å². The van der Waals surface area contributed by atoms with E-state index in [4.69, 9.17) is 0 Å². The third-order valence-electron chi connectivity index (χ3n) is 4.97. The van der Waals surface area contributed by atoms with Gasteiger partial charge in [-0.2, -0.15) is 4.98 Å². The molecule has 146 valence electrons. The van der Waals surface area contributed by atoms with E-state index in [9.17, 15) is 14.4 Å². The zero-order valence-corrected chi connectivity index (χ0v) is 16.3. The maximum atomic E-state index is 13.0. The van der Waals surface area contributed by atoms with Crippen LogP contribution in [-0.2, 0) is 4.79 Å². The molecule has 2 heterocycles. The fraction of sp³-hybridized carbons (Fsp3) is 0.182. The van der Waals surface area contributed by atoms with Crippen molar-refractivity contribution in [2.45, 2.75) is 26.8 Å². The molecule has 0 aliphatic heterocycles. The number of hydrogen-bond acceptors (Lipinski definition) is 4. The van der Waals surface area contributed by atoms with Crippen LogP contribution in [0.4, 0.5) is 5.69 Å². The minimum Gasteiger partial charge on any atom is -0.324 e. The predicted molar refractivity (Wildman–Crippen MR) is 111 cm³/mol. The van der Waals surface area contributed by atoms with Crippen LogP contribution < -0.4 is 10.9 Å². The summed E-state index contributed by atoms with van der Waals surface area (Å²) in [6.45, 7) is 5.08. The first-order valence-electron chi connectivity index (χ1n) is 9.28. The number of aryl methyl sites for hydroxylation is 1. The van der Waals surface area contributed by atoms with Crippen LogP contribution in [0.1, 0.15) is 35.9 Å². The molecule has 0 bridgehead atoms. The van der Waals surface area contributed by atoms with Crippen LogP contribution in [0.3, 0.4) is 0 Å². The lowest BCUT2D eigenvalue weighted by Gasteiger charge is -2.18. The summed E-state index contributed by atoms with van der Waals surface area (Å²) < 4.78 is 3.62. The number of aromatic nitrogens is 3. The zero-order chi connectivity index (χ0) is 20.7. The molecule has 7 nitrogen and oxygen atoms in total. The number of fused-ring (bicyclic) bond motifs is 3. The molecule has 7 heteroatoms.